The molecule has 17 heavy (non-hydrogen) atoms. The second kappa shape index (κ2) is 4.68. The Morgan fingerprint density at radius 3 is 2.71 bits per heavy atom. The van der Waals surface area contributed by atoms with Crippen molar-refractivity contribution in [1.82, 2.24) is 9.78 Å². The third-order valence-electron chi connectivity index (χ3n) is 2.53. The predicted molar refractivity (Wildman–Crippen MR) is 62.8 cm³/mol. The maximum Gasteiger partial charge on any atom is 0.139 e. The minimum absolute atomic E-state index is 0.234. The van der Waals surface area contributed by atoms with Crippen molar-refractivity contribution in [3.05, 3.63) is 47.7 Å². The summed E-state index contributed by atoms with van der Waals surface area (Å²) in [6.07, 6.45) is 0.706. The molecule has 0 aliphatic heterocycles. The minimum atomic E-state index is -0.690. The van der Waals surface area contributed by atoms with Crippen molar-refractivity contribution < 1.29 is 5.11 Å². The molecule has 1 aromatic heterocycles. The number of aromatic nitrogens is 2. The summed E-state index contributed by atoms with van der Waals surface area (Å²) in [4.78, 5) is 0. The lowest BCUT2D eigenvalue weighted by molar-refractivity contribution is 0.152. The monoisotopic (exact) mass is 228 g/mol. The van der Waals surface area contributed by atoms with E-state index in [1.54, 1.807) is 0 Å². The second-order valence-corrected chi connectivity index (χ2v) is 3.66. The molecule has 1 aromatic carbocycles. The van der Waals surface area contributed by atoms with Gasteiger partial charge in [0.25, 0.3) is 0 Å². The van der Waals surface area contributed by atoms with Crippen LogP contribution in [0, 0.1) is 11.3 Å². The molecule has 5 nitrogen and oxygen atoms in total. The summed E-state index contributed by atoms with van der Waals surface area (Å²) in [5, 5.41) is 22.7. The Labute approximate surface area is 98.7 Å². The number of rotatable bonds is 3. The van der Waals surface area contributed by atoms with Crippen LogP contribution >= 0.6 is 0 Å². The van der Waals surface area contributed by atoms with Gasteiger partial charge in [0.15, 0.2) is 0 Å². The molecule has 0 saturated heterocycles. The van der Waals surface area contributed by atoms with Crippen LogP contribution in [0.4, 0.5) is 5.82 Å². The molecule has 86 valence electrons. The van der Waals surface area contributed by atoms with E-state index in [-0.39, 0.29) is 12.4 Å². The molecular formula is C12H12N4O. The van der Waals surface area contributed by atoms with E-state index < -0.39 is 6.10 Å². The molecule has 2 rings (SSSR count). The summed E-state index contributed by atoms with van der Waals surface area (Å²) in [6, 6.07) is 11.2. The number of hydrogen-bond acceptors (Lipinski definition) is 4. The first kappa shape index (κ1) is 11.2. The Kier molecular flexibility index (Phi) is 3.08. The number of hydrogen-bond donors (Lipinski definition) is 2. The first-order valence-corrected chi connectivity index (χ1v) is 5.16. The number of anilines is 1. The lowest BCUT2D eigenvalue weighted by Gasteiger charge is -2.11. The third-order valence-corrected chi connectivity index (χ3v) is 2.53. The van der Waals surface area contributed by atoms with Crippen LogP contribution in [-0.2, 0) is 6.54 Å². The normalized spacial score (nSPS) is 12.0. The standard InChI is InChI=1S/C12H12N4O/c13-6-10-7-15-16(12(10)14)8-11(17)9-4-2-1-3-5-9/h1-5,7,11,17H,8,14H2. The minimum Gasteiger partial charge on any atom is -0.386 e. The van der Waals surface area contributed by atoms with Gasteiger partial charge in [0.1, 0.15) is 17.5 Å². The van der Waals surface area contributed by atoms with E-state index >= 15 is 0 Å². The number of nitrogens with zero attached hydrogens (tertiary/aromatic N) is 3. The van der Waals surface area contributed by atoms with Gasteiger partial charge in [0.05, 0.1) is 18.8 Å². The van der Waals surface area contributed by atoms with Crippen LogP contribution in [0.3, 0.4) is 0 Å². The van der Waals surface area contributed by atoms with Crippen LogP contribution < -0.4 is 5.73 Å². The van der Waals surface area contributed by atoms with Crippen LogP contribution in [0.1, 0.15) is 17.2 Å². The smallest absolute Gasteiger partial charge is 0.139 e. The zero-order valence-corrected chi connectivity index (χ0v) is 9.11. The zero-order valence-electron chi connectivity index (χ0n) is 9.11. The molecule has 3 N–H and O–H groups in total. The van der Waals surface area contributed by atoms with Crippen LogP contribution in [0.25, 0.3) is 0 Å². The molecule has 0 fully saturated rings. The number of nitriles is 1. The van der Waals surface area contributed by atoms with Crippen LogP contribution in [0.15, 0.2) is 36.5 Å². The van der Waals surface area contributed by atoms with E-state index in [0.29, 0.717) is 5.56 Å². The van der Waals surface area contributed by atoms with Gasteiger partial charge in [-0.2, -0.15) is 10.4 Å². The number of nitrogen functional groups attached to an aromatic ring is 1. The van der Waals surface area contributed by atoms with E-state index in [4.69, 9.17) is 11.0 Å². The van der Waals surface area contributed by atoms with Crippen LogP contribution in [0.2, 0.25) is 0 Å². The highest BCUT2D eigenvalue weighted by atomic mass is 16.3. The first-order valence-electron chi connectivity index (χ1n) is 5.16. The van der Waals surface area contributed by atoms with Crippen molar-refractivity contribution in [3.8, 4) is 6.07 Å². The van der Waals surface area contributed by atoms with Gasteiger partial charge in [-0.25, -0.2) is 4.68 Å². The molecule has 0 spiro atoms. The molecule has 2 aromatic rings. The van der Waals surface area contributed by atoms with Crippen molar-refractivity contribution in [2.24, 2.45) is 0 Å². The maximum atomic E-state index is 9.98. The molecular weight excluding hydrogens is 216 g/mol. The Morgan fingerprint density at radius 1 is 1.41 bits per heavy atom. The topological polar surface area (TPSA) is 87.9 Å². The molecule has 0 aliphatic rings. The van der Waals surface area contributed by atoms with Gasteiger partial charge in [0.2, 0.25) is 0 Å². The van der Waals surface area contributed by atoms with Crippen LogP contribution in [0.5, 0.6) is 0 Å². The highest BCUT2D eigenvalue weighted by Crippen LogP contribution is 2.17. The van der Waals surface area contributed by atoms with Gasteiger partial charge in [0, 0.05) is 0 Å². The Balaban J connectivity index is 2.17. The van der Waals surface area contributed by atoms with Gasteiger partial charge in [-0.1, -0.05) is 30.3 Å². The number of nitrogens with two attached hydrogens (primary N) is 1. The third kappa shape index (κ3) is 2.27. The fourth-order valence-electron chi connectivity index (χ4n) is 1.57. The van der Waals surface area contributed by atoms with Gasteiger partial charge in [-0.3, -0.25) is 0 Å². The highest BCUT2D eigenvalue weighted by molar-refractivity contribution is 5.47. The largest absolute Gasteiger partial charge is 0.386 e. The number of benzene rings is 1. The molecule has 0 saturated carbocycles. The average Bonchev–Trinajstić information content (AvgIpc) is 2.71. The van der Waals surface area contributed by atoms with Gasteiger partial charge >= 0.3 is 0 Å². The van der Waals surface area contributed by atoms with Crippen LogP contribution in [-0.4, -0.2) is 14.9 Å². The van der Waals surface area contributed by atoms with Crippen molar-refractivity contribution in [2.45, 2.75) is 12.6 Å². The lowest BCUT2D eigenvalue weighted by atomic mass is 10.1. The number of aliphatic hydroxyl groups is 1. The Morgan fingerprint density at radius 2 is 2.12 bits per heavy atom. The lowest BCUT2D eigenvalue weighted by Crippen LogP contribution is -2.12. The second-order valence-electron chi connectivity index (χ2n) is 3.66. The zero-order chi connectivity index (χ0) is 12.3. The van der Waals surface area contributed by atoms with E-state index in [1.165, 1.54) is 10.9 Å². The molecule has 0 radical (unpaired) electrons. The molecule has 0 aliphatic carbocycles. The highest BCUT2D eigenvalue weighted by Gasteiger charge is 2.12. The Bertz CT molecular complexity index is 541. The molecule has 0 bridgehead atoms. The summed E-state index contributed by atoms with van der Waals surface area (Å²) < 4.78 is 1.43. The fourth-order valence-corrected chi connectivity index (χ4v) is 1.57. The molecule has 0 amide bonds. The maximum absolute atomic E-state index is 9.98. The summed E-state index contributed by atoms with van der Waals surface area (Å²) in [5.41, 5.74) is 6.82. The van der Waals surface area contributed by atoms with Crippen molar-refractivity contribution in [1.29, 1.82) is 5.26 Å². The summed E-state index contributed by atoms with van der Waals surface area (Å²) >= 11 is 0. The van der Waals surface area contributed by atoms with Gasteiger partial charge < -0.3 is 10.8 Å². The van der Waals surface area contributed by atoms with Crippen molar-refractivity contribution in [2.75, 3.05) is 5.73 Å². The van der Waals surface area contributed by atoms with E-state index in [1.807, 2.05) is 36.4 Å². The number of aliphatic hydroxyl groups excluding tert-OH is 1. The average molecular weight is 228 g/mol. The van der Waals surface area contributed by atoms with E-state index in [0.717, 1.165) is 5.56 Å². The van der Waals surface area contributed by atoms with Crippen molar-refractivity contribution >= 4 is 5.82 Å². The Hall–Kier alpha value is -2.32. The molecule has 1 heterocycles. The van der Waals surface area contributed by atoms with Gasteiger partial charge in [-0.15, -0.1) is 0 Å². The molecule has 1 unspecified atom stereocenters. The molecule has 1 atom stereocenters. The summed E-state index contributed by atoms with van der Waals surface area (Å²) in [5.74, 6) is 0.280. The summed E-state index contributed by atoms with van der Waals surface area (Å²) in [7, 11) is 0. The molecule has 5 heteroatoms. The van der Waals surface area contributed by atoms with E-state index in [2.05, 4.69) is 5.10 Å². The van der Waals surface area contributed by atoms with Crippen molar-refractivity contribution in [3.63, 3.8) is 0 Å². The van der Waals surface area contributed by atoms with Gasteiger partial charge in [-0.05, 0) is 5.56 Å². The predicted octanol–water partition coefficient (Wildman–Crippen LogP) is 1.07. The first-order chi connectivity index (χ1) is 8.22. The fraction of sp³-hybridized carbons (Fsp3) is 0.167. The SMILES string of the molecule is N#Cc1cnn(CC(O)c2ccccc2)c1N. The quantitative estimate of drug-likeness (QED) is 0.822. The summed E-state index contributed by atoms with van der Waals surface area (Å²) in [6.45, 7) is 0.234. The van der Waals surface area contributed by atoms with E-state index in [9.17, 15) is 5.11 Å².